The van der Waals surface area contributed by atoms with E-state index in [4.69, 9.17) is 14.6 Å². The molecule has 0 unspecified atom stereocenters. The van der Waals surface area contributed by atoms with Crippen LogP contribution < -0.4 is 4.74 Å². The minimum Gasteiger partial charge on any atom is -0.490 e. The largest absolute Gasteiger partial charge is 0.490 e. The summed E-state index contributed by atoms with van der Waals surface area (Å²) < 4.78 is 10.6. The minimum absolute atomic E-state index is 0.196. The van der Waals surface area contributed by atoms with E-state index in [0.717, 1.165) is 5.56 Å². The normalized spacial score (nSPS) is 9.94. The zero-order valence-electron chi connectivity index (χ0n) is 9.81. The summed E-state index contributed by atoms with van der Waals surface area (Å²) in [5.41, 5.74) is 0.979. The smallest absolute Gasteiger partial charge is 0.335 e. The van der Waals surface area contributed by atoms with Crippen LogP contribution in [-0.2, 0) is 11.3 Å². The molecule has 0 fully saturated rings. The lowest BCUT2D eigenvalue weighted by atomic mass is 10.1. The minimum atomic E-state index is -0.980. The third kappa shape index (κ3) is 4.28. The number of hydrogen-bond acceptors (Lipinski definition) is 3. The van der Waals surface area contributed by atoms with Gasteiger partial charge in [-0.15, -0.1) is 0 Å². The van der Waals surface area contributed by atoms with Crippen LogP contribution in [0, 0.1) is 0 Å². The molecule has 0 aliphatic carbocycles. The molecule has 0 heterocycles. The van der Waals surface area contributed by atoms with Crippen LogP contribution in [0.5, 0.6) is 5.75 Å². The van der Waals surface area contributed by atoms with Gasteiger partial charge in [-0.25, -0.2) is 4.79 Å². The van der Waals surface area contributed by atoms with Gasteiger partial charge in [0, 0.05) is 6.61 Å². The molecule has 0 aliphatic rings. The van der Waals surface area contributed by atoms with Gasteiger partial charge in [0.05, 0.1) is 12.2 Å². The fraction of sp³-hybridized carbons (Fsp3) is 0.308. The highest BCUT2D eigenvalue weighted by Crippen LogP contribution is 2.18. The molecule has 0 amide bonds. The van der Waals surface area contributed by atoms with Crippen molar-refractivity contribution in [1.29, 1.82) is 0 Å². The standard InChI is InChI=1S/C13H16O4/c1-3-5-17-12-7-10(9-16-4-2)6-11(8-12)13(14)15/h3,6-8H,1,4-5,9H2,2H3,(H,14,15). The van der Waals surface area contributed by atoms with Crippen LogP contribution in [0.4, 0.5) is 0 Å². The van der Waals surface area contributed by atoms with Crippen molar-refractivity contribution in [3.63, 3.8) is 0 Å². The number of aromatic carboxylic acids is 1. The van der Waals surface area contributed by atoms with Crippen molar-refractivity contribution in [3.8, 4) is 5.75 Å². The molecule has 0 radical (unpaired) electrons. The molecule has 1 N–H and O–H groups in total. The van der Waals surface area contributed by atoms with Crippen molar-refractivity contribution < 1.29 is 19.4 Å². The lowest BCUT2D eigenvalue weighted by molar-refractivity contribution is 0.0696. The molecule has 0 aromatic heterocycles. The number of carboxylic acid groups (broad SMARTS) is 1. The van der Waals surface area contributed by atoms with Crippen molar-refractivity contribution in [2.24, 2.45) is 0 Å². The van der Waals surface area contributed by atoms with Gasteiger partial charge in [0.1, 0.15) is 12.4 Å². The van der Waals surface area contributed by atoms with Crippen LogP contribution in [0.15, 0.2) is 30.9 Å². The molecular weight excluding hydrogens is 220 g/mol. The average Bonchev–Trinajstić information content (AvgIpc) is 2.33. The van der Waals surface area contributed by atoms with Crippen LogP contribution in [0.25, 0.3) is 0 Å². The van der Waals surface area contributed by atoms with Crippen LogP contribution in [-0.4, -0.2) is 24.3 Å². The van der Waals surface area contributed by atoms with E-state index >= 15 is 0 Å². The summed E-state index contributed by atoms with van der Waals surface area (Å²) in [5, 5.41) is 8.97. The maximum atomic E-state index is 10.9. The van der Waals surface area contributed by atoms with Gasteiger partial charge in [0.25, 0.3) is 0 Å². The molecule has 0 bridgehead atoms. The molecule has 1 aromatic carbocycles. The van der Waals surface area contributed by atoms with E-state index in [1.165, 1.54) is 6.07 Å². The zero-order chi connectivity index (χ0) is 12.7. The first-order valence-electron chi connectivity index (χ1n) is 5.36. The van der Waals surface area contributed by atoms with Gasteiger partial charge in [-0.05, 0) is 30.7 Å². The number of ether oxygens (including phenoxy) is 2. The van der Waals surface area contributed by atoms with E-state index in [1.54, 1.807) is 18.2 Å². The topological polar surface area (TPSA) is 55.8 Å². The van der Waals surface area contributed by atoms with Crippen molar-refractivity contribution in [3.05, 3.63) is 42.0 Å². The predicted octanol–water partition coefficient (Wildman–Crippen LogP) is 2.49. The molecule has 0 saturated carbocycles. The fourth-order valence-corrected chi connectivity index (χ4v) is 1.33. The molecule has 0 saturated heterocycles. The Balaban J connectivity index is 2.91. The first-order valence-corrected chi connectivity index (χ1v) is 5.36. The number of rotatable bonds is 7. The Morgan fingerprint density at radius 2 is 2.24 bits per heavy atom. The summed E-state index contributed by atoms with van der Waals surface area (Å²) in [7, 11) is 0. The van der Waals surface area contributed by atoms with Gasteiger partial charge < -0.3 is 14.6 Å². The Kier molecular flexibility index (Phi) is 5.23. The predicted molar refractivity (Wildman–Crippen MR) is 64.4 cm³/mol. The second-order valence-corrected chi connectivity index (χ2v) is 3.41. The molecule has 0 atom stereocenters. The number of hydrogen-bond donors (Lipinski definition) is 1. The van der Waals surface area contributed by atoms with Crippen LogP contribution in [0.3, 0.4) is 0 Å². The van der Waals surface area contributed by atoms with E-state index in [1.807, 2.05) is 6.92 Å². The first-order chi connectivity index (χ1) is 8.17. The summed E-state index contributed by atoms with van der Waals surface area (Å²) in [5.74, 6) is -0.466. The summed E-state index contributed by atoms with van der Waals surface area (Å²) in [4.78, 5) is 10.9. The molecule has 17 heavy (non-hydrogen) atoms. The SMILES string of the molecule is C=CCOc1cc(COCC)cc(C(=O)O)c1. The lowest BCUT2D eigenvalue weighted by Crippen LogP contribution is -2.02. The van der Waals surface area contributed by atoms with E-state index in [0.29, 0.717) is 25.6 Å². The van der Waals surface area contributed by atoms with E-state index in [9.17, 15) is 4.79 Å². The molecule has 1 aromatic rings. The Morgan fingerprint density at radius 3 is 2.82 bits per heavy atom. The Labute approximate surface area is 100 Å². The van der Waals surface area contributed by atoms with E-state index in [-0.39, 0.29) is 5.56 Å². The van der Waals surface area contributed by atoms with Crippen LogP contribution in [0.2, 0.25) is 0 Å². The first kappa shape index (κ1) is 13.3. The summed E-state index contributed by atoms with van der Waals surface area (Å²) in [6.07, 6.45) is 1.61. The van der Waals surface area contributed by atoms with Crippen LogP contribution in [0.1, 0.15) is 22.8 Å². The monoisotopic (exact) mass is 236 g/mol. The third-order valence-electron chi connectivity index (χ3n) is 2.05. The Hall–Kier alpha value is -1.81. The summed E-state index contributed by atoms with van der Waals surface area (Å²) in [6, 6.07) is 4.84. The van der Waals surface area contributed by atoms with Crippen molar-refractivity contribution >= 4 is 5.97 Å². The number of carbonyl (C=O) groups is 1. The van der Waals surface area contributed by atoms with Crippen molar-refractivity contribution in [1.82, 2.24) is 0 Å². The van der Waals surface area contributed by atoms with Gasteiger partial charge in [0.2, 0.25) is 0 Å². The maximum Gasteiger partial charge on any atom is 0.335 e. The fourth-order valence-electron chi connectivity index (χ4n) is 1.33. The van der Waals surface area contributed by atoms with Crippen molar-refractivity contribution in [2.75, 3.05) is 13.2 Å². The van der Waals surface area contributed by atoms with Gasteiger partial charge in [-0.3, -0.25) is 0 Å². The molecule has 0 aliphatic heterocycles. The average molecular weight is 236 g/mol. The highest BCUT2D eigenvalue weighted by atomic mass is 16.5. The molecular formula is C13H16O4. The van der Waals surface area contributed by atoms with E-state index < -0.39 is 5.97 Å². The second-order valence-electron chi connectivity index (χ2n) is 3.41. The van der Waals surface area contributed by atoms with Gasteiger partial charge >= 0.3 is 5.97 Å². The van der Waals surface area contributed by atoms with Crippen molar-refractivity contribution in [2.45, 2.75) is 13.5 Å². The maximum absolute atomic E-state index is 10.9. The Morgan fingerprint density at radius 1 is 1.47 bits per heavy atom. The van der Waals surface area contributed by atoms with Gasteiger partial charge in [-0.1, -0.05) is 12.7 Å². The molecule has 4 nitrogen and oxygen atoms in total. The number of benzene rings is 1. The number of carboxylic acids is 1. The highest BCUT2D eigenvalue weighted by molar-refractivity contribution is 5.88. The second kappa shape index (κ2) is 6.70. The summed E-state index contributed by atoms with van der Waals surface area (Å²) >= 11 is 0. The molecule has 1 rings (SSSR count). The lowest BCUT2D eigenvalue weighted by Gasteiger charge is -2.08. The van der Waals surface area contributed by atoms with Gasteiger partial charge in [-0.2, -0.15) is 0 Å². The van der Waals surface area contributed by atoms with Crippen LogP contribution >= 0.6 is 0 Å². The quantitative estimate of drug-likeness (QED) is 0.739. The Bertz CT molecular complexity index is 398. The van der Waals surface area contributed by atoms with Gasteiger partial charge in [0.15, 0.2) is 0 Å². The highest BCUT2D eigenvalue weighted by Gasteiger charge is 2.07. The zero-order valence-corrected chi connectivity index (χ0v) is 9.81. The summed E-state index contributed by atoms with van der Waals surface area (Å²) in [6.45, 7) is 6.73. The molecule has 0 spiro atoms. The van der Waals surface area contributed by atoms with E-state index in [2.05, 4.69) is 6.58 Å². The molecule has 92 valence electrons. The third-order valence-corrected chi connectivity index (χ3v) is 2.05. The molecule has 4 heteroatoms.